The lowest BCUT2D eigenvalue weighted by atomic mass is 10.1. The number of likely N-dealkylation sites (tertiary alicyclic amines) is 1. The number of carbonyl (C=O) groups excluding carboxylic acids is 1. The molecule has 5 heteroatoms. The van der Waals surface area contributed by atoms with Crippen molar-refractivity contribution in [1.29, 1.82) is 0 Å². The maximum Gasteiger partial charge on any atom is 0.293 e. The molecule has 1 atom stereocenters. The van der Waals surface area contributed by atoms with Gasteiger partial charge in [-0.15, -0.1) is 0 Å². The lowest BCUT2D eigenvalue weighted by molar-refractivity contribution is 0.0972. The summed E-state index contributed by atoms with van der Waals surface area (Å²) in [5.41, 5.74) is 0. The van der Waals surface area contributed by atoms with Crippen LogP contribution in [-0.2, 0) is 6.42 Å². The fourth-order valence-corrected chi connectivity index (χ4v) is 2.45. The van der Waals surface area contributed by atoms with E-state index in [1.165, 1.54) is 19.8 Å². The third kappa shape index (κ3) is 2.72. The number of aromatic nitrogens is 2. The Morgan fingerprint density at radius 1 is 1.59 bits per heavy atom. The van der Waals surface area contributed by atoms with Gasteiger partial charge in [-0.3, -0.25) is 9.69 Å². The number of nitrogens with zero attached hydrogens (tertiary/aromatic N) is 3. The molecule has 1 aromatic heterocycles. The van der Waals surface area contributed by atoms with Gasteiger partial charge in [-0.2, -0.15) is 4.98 Å². The van der Waals surface area contributed by atoms with E-state index in [1.807, 2.05) is 0 Å². The molecule has 2 heterocycles. The summed E-state index contributed by atoms with van der Waals surface area (Å²) in [7, 11) is 0. The van der Waals surface area contributed by atoms with Crippen molar-refractivity contribution in [3.05, 3.63) is 11.7 Å². The van der Waals surface area contributed by atoms with Crippen LogP contribution in [0.4, 0.5) is 0 Å². The van der Waals surface area contributed by atoms with E-state index >= 15 is 0 Å². The quantitative estimate of drug-likeness (QED) is 0.746. The second kappa shape index (κ2) is 4.96. The van der Waals surface area contributed by atoms with Crippen molar-refractivity contribution in [2.24, 2.45) is 0 Å². The van der Waals surface area contributed by atoms with Gasteiger partial charge in [0.15, 0.2) is 5.82 Å². The van der Waals surface area contributed by atoms with Gasteiger partial charge in [-0.1, -0.05) is 5.16 Å². The average molecular weight is 237 g/mol. The summed E-state index contributed by atoms with van der Waals surface area (Å²) in [6.45, 7) is 6.98. The molecular weight excluding hydrogens is 218 g/mol. The fourth-order valence-electron chi connectivity index (χ4n) is 2.45. The Balaban J connectivity index is 2.02. The first-order chi connectivity index (χ1) is 8.08. The smallest absolute Gasteiger partial charge is 0.293 e. The van der Waals surface area contributed by atoms with Gasteiger partial charge in [-0.25, -0.2) is 0 Å². The summed E-state index contributed by atoms with van der Waals surface area (Å²) in [6, 6.07) is 1.02. The van der Waals surface area contributed by atoms with Crippen molar-refractivity contribution in [3.63, 3.8) is 0 Å². The number of Topliss-reactive ketones (excluding diaryl/α,β-unsaturated/α-hetero) is 1. The van der Waals surface area contributed by atoms with Crippen LogP contribution in [0.5, 0.6) is 0 Å². The number of rotatable bonds is 4. The summed E-state index contributed by atoms with van der Waals surface area (Å²) in [5.74, 6) is 0.595. The molecule has 0 aliphatic carbocycles. The summed E-state index contributed by atoms with van der Waals surface area (Å²) in [4.78, 5) is 17.6. The first kappa shape index (κ1) is 12.2. The molecule has 1 aliphatic heterocycles. The molecule has 0 N–H and O–H groups in total. The Kier molecular flexibility index (Phi) is 3.57. The minimum absolute atomic E-state index is 0.120. The van der Waals surface area contributed by atoms with E-state index in [4.69, 9.17) is 4.52 Å². The zero-order valence-corrected chi connectivity index (χ0v) is 10.6. The van der Waals surface area contributed by atoms with E-state index in [0.29, 0.717) is 17.9 Å². The number of hydrogen-bond acceptors (Lipinski definition) is 5. The molecule has 0 saturated carbocycles. The third-order valence-electron chi connectivity index (χ3n) is 3.27. The average Bonchev–Trinajstić information content (AvgIpc) is 2.86. The standard InChI is InChI=1S/C12H19N3O2/c1-8(2)15-6-4-5-10(15)7-11-13-12(9(3)16)17-14-11/h8,10H,4-7H2,1-3H3. The van der Waals surface area contributed by atoms with Gasteiger partial charge in [0.05, 0.1) is 0 Å². The molecule has 17 heavy (non-hydrogen) atoms. The Bertz CT molecular complexity index is 400. The Labute approximate surface area is 101 Å². The third-order valence-corrected chi connectivity index (χ3v) is 3.27. The molecule has 1 aliphatic rings. The highest BCUT2D eigenvalue weighted by molar-refractivity contribution is 5.89. The molecule has 1 unspecified atom stereocenters. The highest BCUT2D eigenvalue weighted by Gasteiger charge is 2.28. The second-order valence-electron chi connectivity index (χ2n) is 4.90. The van der Waals surface area contributed by atoms with Gasteiger partial charge in [0.2, 0.25) is 5.78 Å². The summed E-state index contributed by atoms with van der Waals surface area (Å²) >= 11 is 0. The zero-order chi connectivity index (χ0) is 12.4. The van der Waals surface area contributed by atoms with Crippen molar-refractivity contribution in [1.82, 2.24) is 15.0 Å². The van der Waals surface area contributed by atoms with Gasteiger partial charge in [0, 0.05) is 25.4 Å². The first-order valence-electron chi connectivity index (χ1n) is 6.17. The van der Waals surface area contributed by atoms with Gasteiger partial charge in [0.1, 0.15) is 0 Å². The molecule has 0 spiro atoms. The molecule has 0 radical (unpaired) electrons. The molecule has 5 nitrogen and oxygen atoms in total. The van der Waals surface area contributed by atoms with Crippen molar-refractivity contribution in [2.75, 3.05) is 6.54 Å². The number of ketones is 1. The first-order valence-corrected chi connectivity index (χ1v) is 6.17. The highest BCUT2D eigenvalue weighted by Crippen LogP contribution is 2.22. The maximum absolute atomic E-state index is 11.1. The predicted molar refractivity (Wildman–Crippen MR) is 62.9 cm³/mol. The lowest BCUT2D eigenvalue weighted by Gasteiger charge is -2.27. The Morgan fingerprint density at radius 2 is 2.35 bits per heavy atom. The molecule has 2 rings (SSSR count). The van der Waals surface area contributed by atoms with Gasteiger partial charge < -0.3 is 4.52 Å². The predicted octanol–water partition coefficient (Wildman–Crippen LogP) is 1.69. The van der Waals surface area contributed by atoms with Crippen LogP contribution in [0.1, 0.15) is 50.1 Å². The molecule has 94 valence electrons. The van der Waals surface area contributed by atoms with Crippen molar-refractivity contribution in [2.45, 2.75) is 52.1 Å². The van der Waals surface area contributed by atoms with Crippen LogP contribution in [0.2, 0.25) is 0 Å². The highest BCUT2D eigenvalue weighted by atomic mass is 16.5. The Morgan fingerprint density at radius 3 is 2.94 bits per heavy atom. The molecule has 0 bridgehead atoms. The van der Waals surface area contributed by atoms with E-state index < -0.39 is 0 Å². The minimum Gasteiger partial charge on any atom is -0.331 e. The molecule has 0 amide bonds. The van der Waals surface area contributed by atoms with Crippen LogP contribution in [0.3, 0.4) is 0 Å². The van der Waals surface area contributed by atoms with E-state index in [2.05, 4.69) is 28.9 Å². The van der Waals surface area contributed by atoms with Crippen LogP contribution < -0.4 is 0 Å². The van der Waals surface area contributed by atoms with Crippen molar-refractivity contribution >= 4 is 5.78 Å². The second-order valence-corrected chi connectivity index (χ2v) is 4.90. The van der Waals surface area contributed by atoms with Crippen molar-refractivity contribution in [3.8, 4) is 0 Å². The SMILES string of the molecule is CC(=O)c1nc(CC2CCCN2C(C)C)no1. The largest absolute Gasteiger partial charge is 0.331 e. The summed E-state index contributed by atoms with van der Waals surface area (Å²) in [6.07, 6.45) is 3.16. The van der Waals surface area contributed by atoms with Crippen LogP contribution in [0, 0.1) is 0 Å². The van der Waals surface area contributed by atoms with Crippen molar-refractivity contribution < 1.29 is 9.32 Å². The summed E-state index contributed by atoms with van der Waals surface area (Å²) in [5, 5.41) is 3.86. The lowest BCUT2D eigenvalue weighted by Crippen LogP contribution is -2.36. The van der Waals surface area contributed by atoms with Crippen LogP contribution in [0.25, 0.3) is 0 Å². The topological polar surface area (TPSA) is 59.2 Å². The normalized spacial score (nSPS) is 21.3. The maximum atomic E-state index is 11.1. The minimum atomic E-state index is -0.170. The molecule has 1 saturated heterocycles. The van der Waals surface area contributed by atoms with E-state index in [0.717, 1.165) is 13.0 Å². The van der Waals surface area contributed by atoms with Gasteiger partial charge in [-0.05, 0) is 33.2 Å². The van der Waals surface area contributed by atoms with E-state index in [1.54, 1.807) is 0 Å². The molecule has 1 aromatic rings. The molecule has 1 fully saturated rings. The number of hydrogen-bond donors (Lipinski definition) is 0. The zero-order valence-electron chi connectivity index (χ0n) is 10.6. The van der Waals surface area contributed by atoms with E-state index in [-0.39, 0.29) is 11.7 Å². The fraction of sp³-hybridized carbons (Fsp3) is 0.750. The molecule has 0 aromatic carbocycles. The summed E-state index contributed by atoms with van der Waals surface area (Å²) < 4.78 is 4.90. The van der Waals surface area contributed by atoms with Gasteiger partial charge in [0.25, 0.3) is 5.89 Å². The monoisotopic (exact) mass is 237 g/mol. The van der Waals surface area contributed by atoms with Gasteiger partial charge >= 0.3 is 0 Å². The van der Waals surface area contributed by atoms with E-state index in [9.17, 15) is 4.79 Å². The molecular formula is C12H19N3O2. The number of carbonyl (C=O) groups is 1. The van der Waals surface area contributed by atoms with Crippen LogP contribution >= 0.6 is 0 Å². The Hall–Kier alpha value is -1.23. The van der Waals surface area contributed by atoms with Crippen LogP contribution in [0.15, 0.2) is 4.52 Å². The van der Waals surface area contributed by atoms with Crippen LogP contribution in [-0.4, -0.2) is 39.5 Å².